The SMILES string of the molecule is COc1ccc(N2C(C(=O)Nc3nc4ccccc4[nH]3)=Nc3occc3C2N)cc1. The number of methoxy groups -OCH3 is 1. The normalized spacial score (nSPS) is 15.6. The van der Waals surface area contributed by atoms with Gasteiger partial charge in [-0.2, -0.15) is 4.99 Å². The number of aliphatic imine (C=N–C) groups is 1. The van der Waals surface area contributed by atoms with Gasteiger partial charge in [-0.3, -0.25) is 10.1 Å². The maximum atomic E-state index is 13.2. The number of hydrogen-bond acceptors (Lipinski definition) is 7. The monoisotopic (exact) mass is 402 g/mol. The van der Waals surface area contributed by atoms with E-state index in [4.69, 9.17) is 14.9 Å². The van der Waals surface area contributed by atoms with E-state index in [-0.39, 0.29) is 5.84 Å². The highest BCUT2D eigenvalue weighted by atomic mass is 16.5. The van der Waals surface area contributed by atoms with Crippen LogP contribution in [0.1, 0.15) is 11.7 Å². The molecular weight excluding hydrogens is 384 g/mol. The second-order valence-corrected chi connectivity index (χ2v) is 6.69. The number of fused-ring (bicyclic) bond motifs is 2. The fourth-order valence-electron chi connectivity index (χ4n) is 3.41. The summed E-state index contributed by atoms with van der Waals surface area (Å²) in [6, 6.07) is 16.5. The van der Waals surface area contributed by atoms with Gasteiger partial charge in [-0.25, -0.2) is 4.98 Å². The van der Waals surface area contributed by atoms with Crippen molar-refractivity contribution in [2.45, 2.75) is 6.17 Å². The van der Waals surface area contributed by atoms with E-state index < -0.39 is 12.1 Å². The topological polar surface area (TPSA) is 122 Å². The van der Waals surface area contributed by atoms with E-state index in [1.165, 1.54) is 6.26 Å². The highest BCUT2D eigenvalue weighted by molar-refractivity contribution is 6.47. The number of aromatic nitrogens is 2. The lowest BCUT2D eigenvalue weighted by Gasteiger charge is -2.33. The van der Waals surface area contributed by atoms with Crippen LogP contribution in [0.4, 0.5) is 17.5 Å². The number of carbonyl (C=O) groups excluding carboxylic acids is 1. The largest absolute Gasteiger partial charge is 0.497 e. The molecule has 0 saturated carbocycles. The fraction of sp³-hybridized carbons (Fsp3) is 0.0952. The van der Waals surface area contributed by atoms with Crippen LogP contribution in [0, 0.1) is 0 Å². The van der Waals surface area contributed by atoms with E-state index >= 15 is 0 Å². The summed E-state index contributed by atoms with van der Waals surface area (Å²) in [5.41, 5.74) is 9.41. The molecule has 1 atom stereocenters. The van der Waals surface area contributed by atoms with Gasteiger partial charge in [-0.15, -0.1) is 0 Å². The number of nitrogens with zero attached hydrogens (tertiary/aromatic N) is 3. The molecule has 150 valence electrons. The van der Waals surface area contributed by atoms with Crippen LogP contribution in [0.3, 0.4) is 0 Å². The van der Waals surface area contributed by atoms with Gasteiger partial charge in [-0.05, 0) is 42.5 Å². The van der Waals surface area contributed by atoms with Crippen LogP contribution in [0.5, 0.6) is 5.75 Å². The minimum absolute atomic E-state index is 0.0931. The Bertz CT molecular complexity index is 1220. The molecule has 1 aliphatic rings. The molecule has 0 fully saturated rings. The highest BCUT2D eigenvalue weighted by Gasteiger charge is 2.34. The molecule has 1 amide bonds. The number of nitrogens with one attached hydrogen (secondary N) is 2. The van der Waals surface area contributed by atoms with Gasteiger partial charge >= 0.3 is 0 Å². The summed E-state index contributed by atoms with van der Waals surface area (Å²) in [4.78, 5) is 26.7. The Kier molecular flexibility index (Phi) is 4.22. The molecule has 2 aromatic heterocycles. The number of carbonyl (C=O) groups is 1. The average molecular weight is 402 g/mol. The zero-order chi connectivity index (χ0) is 20.7. The third-order valence-electron chi connectivity index (χ3n) is 4.88. The van der Waals surface area contributed by atoms with Gasteiger partial charge < -0.3 is 24.8 Å². The molecule has 3 heterocycles. The third-order valence-corrected chi connectivity index (χ3v) is 4.88. The molecule has 0 radical (unpaired) electrons. The number of rotatable bonds is 4. The van der Waals surface area contributed by atoms with Gasteiger partial charge in [0.05, 0.1) is 30.0 Å². The van der Waals surface area contributed by atoms with Crippen LogP contribution in [0.2, 0.25) is 0 Å². The first-order chi connectivity index (χ1) is 14.6. The van der Waals surface area contributed by atoms with E-state index in [1.54, 1.807) is 30.2 Å². The van der Waals surface area contributed by atoms with Crippen molar-refractivity contribution in [3.8, 4) is 5.75 Å². The number of nitrogens with two attached hydrogens (primary N) is 1. The number of amidine groups is 1. The summed E-state index contributed by atoms with van der Waals surface area (Å²) in [7, 11) is 1.59. The van der Waals surface area contributed by atoms with Crippen LogP contribution >= 0.6 is 0 Å². The molecular formula is C21H18N6O3. The highest BCUT2D eigenvalue weighted by Crippen LogP contribution is 2.36. The standard InChI is InChI=1S/C21H18N6O3/c1-29-13-8-6-12(7-9-13)27-17(22)14-10-11-30-20(14)25-18(27)19(28)26-21-23-15-4-2-3-5-16(15)24-21/h2-11,17H,22H2,1H3,(H2,23,24,26,28). The second kappa shape index (κ2) is 7.05. The molecule has 4 aromatic rings. The van der Waals surface area contributed by atoms with Crippen molar-refractivity contribution < 1.29 is 13.9 Å². The van der Waals surface area contributed by atoms with Crippen LogP contribution in [-0.2, 0) is 4.79 Å². The molecule has 30 heavy (non-hydrogen) atoms. The molecule has 1 aliphatic heterocycles. The number of aromatic amines is 1. The number of benzene rings is 2. The molecule has 5 rings (SSSR count). The Balaban J connectivity index is 1.52. The van der Waals surface area contributed by atoms with Gasteiger partial charge in [0, 0.05) is 5.69 Å². The van der Waals surface area contributed by atoms with Gasteiger partial charge in [0.25, 0.3) is 5.91 Å². The van der Waals surface area contributed by atoms with E-state index in [0.717, 1.165) is 11.0 Å². The predicted octanol–water partition coefficient (Wildman–Crippen LogP) is 3.31. The molecule has 0 bridgehead atoms. The molecule has 4 N–H and O–H groups in total. The Morgan fingerprint density at radius 1 is 1.20 bits per heavy atom. The van der Waals surface area contributed by atoms with Crippen molar-refractivity contribution in [3.05, 3.63) is 66.4 Å². The number of H-pyrrole nitrogens is 1. The lowest BCUT2D eigenvalue weighted by Crippen LogP contribution is -2.47. The number of para-hydroxylation sites is 2. The van der Waals surface area contributed by atoms with Crippen molar-refractivity contribution in [2.24, 2.45) is 10.7 Å². The number of furan rings is 1. The van der Waals surface area contributed by atoms with Gasteiger partial charge in [0.1, 0.15) is 11.9 Å². The first-order valence-electron chi connectivity index (χ1n) is 9.25. The number of hydrogen-bond donors (Lipinski definition) is 3. The lowest BCUT2D eigenvalue weighted by molar-refractivity contribution is -0.110. The van der Waals surface area contributed by atoms with E-state index in [1.807, 2.05) is 36.4 Å². The van der Waals surface area contributed by atoms with Crippen molar-refractivity contribution in [1.82, 2.24) is 9.97 Å². The van der Waals surface area contributed by atoms with E-state index in [9.17, 15) is 4.79 Å². The molecule has 9 heteroatoms. The van der Waals surface area contributed by atoms with Crippen molar-refractivity contribution >= 4 is 40.3 Å². The summed E-state index contributed by atoms with van der Waals surface area (Å²) in [6.07, 6.45) is 0.849. The van der Waals surface area contributed by atoms with Crippen LogP contribution < -0.4 is 20.7 Å². The zero-order valence-corrected chi connectivity index (χ0v) is 16.0. The summed E-state index contributed by atoms with van der Waals surface area (Å²) < 4.78 is 10.6. The zero-order valence-electron chi connectivity index (χ0n) is 16.0. The molecule has 0 aliphatic carbocycles. The summed E-state index contributed by atoms with van der Waals surface area (Å²) in [5, 5.41) is 2.77. The Morgan fingerprint density at radius 3 is 2.77 bits per heavy atom. The minimum atomic E-state index is -0.652. The smallest absolute Gasteiger partial charge is 0.294 e. The molecule has 0 spiro atoms. The Hall–Kier alpha value is -4.11. The van der Waals surface area contributed by atoms with Crippen LogP contribution in [0.25, 0.3) is 11.0 Å². The lowest BCUT2D eigenvalue weighted by atomic mass is 10.1. The number of anilines is 2. The van der Waals surface area contributed by atoms with Crippen LogP contribution in [0.15, 0.2) is 70.3 Å². The molecule has 2 aromatic carbocycles. The molecule has 1 unspecified atom stereocenters. The predicted molar refractivity (Wildman–Crippen MR) is 113 cm³/mol. The maximum Gasteiger partial charge on any atom is 0.294 e. The number of amides is 1. The summed E-state index contributed by atoms with van der Waals surface area (Å²) >= 11 is 0. The summed E-state index contributed by atoms with van der Waals surface area (Å²) in [6.45, 7) is 0. The third kappa shape index (κ3) is 2.97. The first kappa shape index (κ1) is 18.0. The first-order valence-corrected chi connectivity index (χ1v) is 9.25. The van der Waals surface area contributed by atoms with Gasteiger partial charge in [0.15, 0.2) is 0 Å². The molecule has 0 saturated heterocycles. The van der Waals surface area contributed by atoms with E-state index in [0.29, 0.717) is 28.8 Å². The van der Waals surface area contributed by atoms with Crippen molar-refractivity contribution in [2.75, 3.05) is 17.3 Å². The number of ether oxygens (including phenoxy) is 1. The minimum Gasteiger partial charge on any atom is -0.497 e. The quantitative estimate of drug-likeness (QED) is 0.481. The second-order valence-electron chi connectivity index (χ2n) is 6.69. The Labute approximate surface area is 171 Å². The molecule has 9 nitrogen and oxygen atoms in total. The van der Waals surface area contributed by atoms with Gasteiger partial charge in [-0.1, -0.05) is 12.1 Å². The summed E-state index contributed by atoms with van der Waals surface area (Å²) in [5.74, 6) is 0.941. The van der Waals surface area contributed by atoms with E-state index in [2.05, 4.69) is 20.3 Å². The van der Waals surface area contributed by atoms with Crippen LogP contribution in [-0.4, -0.2) is 28.8 Å². The van der Waals surface area contributed by atoms with Crippen molar-refractivity contribution in [1.29, 1.82) is 0 Å². The Morgan fingerprint density at radius 2 is 2.00 bits per heavy atom. The number of imidazole rings is 1. The van der Waals surface area contributed by atoms with Gasteiger partial charge in [0.2, 0.25) is 17.7 Å². The maximum absolute atomic E-state index is 13.2. The fourth-order valence-corrected chi connectivity index (χ4v) is 3.41. The van der Waals surface area contributed by atoms with Crippen molar-refractivity contribution in [3.63, 3.8) is 0 Å². The average Bonchev–Trinajstić information content (AvgIpc) is 3.40.